The summed E-state index contributed by atoms with van der Waals surface area (Å²) in [7, 11) is 0. The Kier molecular flexibility index (Phi) is 7.33. The minimum Gasteiger partial charge on any atom is -0.376 e. The highest BCUT2D eigenvalue weighted by molar-refractivity contribution is 6.44. The minimum absolute atomic E-state index is 0.0106. The summed E-state index contributed by atoms with van der Waals surface area (Å²) >= 11 is 12.1. The molecule has 3 aromatic rings. The Labute approximate surface area is 185 Å². The van der Waals surface area contributed by atoms with Gasteiger partial charge in [0.15, 0.2) is 0 Å². The van der Waals surface area contributed by atoms with Crippen LogP contribution in [-0.4, -0.2) is 24.9 Å². The zero-order chi connectivity index (χ0) is 21.5. The quantitative estimate of drug-likeness (QED) is 0.493. The summed E-state index contributed by atoms with van der Waals surface area (Å²) in [4.78, 5) is 26.9. The van der Waals surface area contributed by atoms with Gasteiger partial charge in [0.1, 0.15) is 0 Å². The minimum atomic E-state index is -0.282. The van der Waals surface area contributed by atoms with E-state index in [0.717, 1.165) is 5.69 Å². The van der Waals surface area contributed by atoms with Crippen molar-refractivity contribution in [3.63, 3.8) is 0 Å². The lowest BCUT2D eigenvalue weighted by molar-refractivity contribution is -0.114. The largest absolute Gasteiger partial charge is 0.376 e. The third-order valence-corrected chi connectivity index (χ3v) is 5.24. The van der Waals surface area contributed by atoms with Crippen molar-refractivity contribution in [1.29, 1.82) is 0 Å². The van der Waals surface area contributed by atoms with Gasteiger partial charge in [-0.1, -0.05) is 53.5 Å². The van der Waals surface area contributed by atoms with Crippen molar-refractivity contribution in [3.05, 3.63) is 88.4 Å². The van der Waals surface area contributed by atoms with Gasteiger partial charge in [0.05, 0.1) is 22.3 Å². The Balaban J connectivity index is 1.66. The van der Waals surface area contributed by atoms with Crippen LogP contribution in [0.15, 0.2) is 72.8 Å². The highest BCUT2D eigenvalue weighted by atomic mass is 35.5. The molecular weight excluding hydrogens is 421 g/mol. The number of amides is 2. The van der Waals surface area contributed by atoms with E-state index in [1.54, 1.807) is 47.4 Å². The molecule has 5 nitrogen and oxygen atoms in total. The molecule has 0 heterocycles. The SMILES string of the molecule is CCN(C(=O)c1cccc(NCC(=O)Nc2cccc(Cl)c2Cl)c1)c1ccccc1. The number of hydrogen-bond donors (Lipinski definition) is 2. The van der Waals surface area contributed by atoms with Crippen LogP contribution in [0, 0.1) is 0 Å². The van der Waals surface area contributed by atoms with Crippen LogP contribution in [0.25, 0.3) is 0 Å². The molecule has 3 rings (SSSR count). The molecule has 7 heteroatoms. The first-order chi connectivity index (χ1) is 14.5. The molecule has 0 fully saturated rings. The topological polar surface area (TPSA) is 61.4 Å². The van der Waals surface area contributed by atoms with Crippen molar-refractivity contribution in [2.75, 3.05) is 28.6 Å². The zero-order valence-corrected chi connectivity index (χ0v) is 17.9. The van der Waals surface area contributed by atoms with Gasteiger partial charge in [0, 0.05) is 23.5 Å². The fourth-order valence-corrected chi connectivity index (χ4v) is 3.29. The van der Waals surface area contributed by atoms with E-state index in [2.05, 4.69) is 10.6 Å². The second-order valence-corrected chi connectivity index (χ2v) is 7.25. The van der Waals surface area contributed by atoms with Crippen molar-refractivity contribution >= 4 is 52.1 Å². The van der Waals surface area contributed by atoms with Crippen molar-refractivity contribution in [2.24, 2.45) is 0 Å². The number of nitrogens with one attached hydrogen (secondary N) is 2. The number of carbonyl (C=O) groups is 2. The van der Waals surface area contributed by atoms with E-state index >= 15 is 0 Å². The molecule has 0 aliphatic heterocycles. The number of benzene rings is 3. The fraction of sp³-hybridized carbons (Fsp3) is 0.130. The van der Waals surface area contributed by atoms with Crippen LogP contribution in [0.3, 0.4) is 0 Å². The van der Waals surface area contributed by atoms with Crippen molar-refractivity contribution in [1.82, 2.24) is 0 Å². The van der Waals surface area contributed by atoms with Crippen molar-refractivity contribution in [2.45, 2.75) is 6.92 Å². The van der Waals surface area contributed by atoms with Crippen LogP contribution >= 0.6 is 23.2 Å². The van der Waals surface area contributed by atoms with E-state index in [-0.39, 0.29) is 18.4 Å². The summed E-state index contributed by atoms with van der Waals surface area (Å²) < 4.78 is 0. The van der Waals surface area contributed by atoms with E-state index in [9.17, 15) is 9.59 Å². The molecule has 0 aromatic heterocycles. The van der Waals surface area contributed by atoms with Gasteiger partial charge in [-0.05, 0) is 49.4 Å². The monoisotopic (exact) mass is 441 g/mol. The van der Waals surface area contributed by atoms with Crippen molar-refractivity contribution in [3.8, 4) is 0 Å². The van der Waals surface area contributed by atoms with Gasteiger partial charge in [-0.3, -0.25) is 9.59 Å². The summed E-state index contributed by atoms with van der Waals surface area (Å²) in [5.41, 5.74) is 2.48. The first-order valence-electron chi connectivity index (χ1n) is 9.44. The molecule has 0 atom stereocenters. The smallest absolute Gasteiger partial charge is 0.258 e. The van der Waals surface area contributed by atoms with E-state index in [0.29, 0.717) is 33.5 Å². The number of carbonyl (C=O) groups excluding carboxylic acids is 2. The Morgan fingerprint density at radius 1 is 0.933 bits per heavy atom. The van der Waals surface area contributed by atoms with Gasteiger partial charge in [-0.2, -0.15) is 0 Å². The second kappa shape index (κ2) is 10.1. The standard InChI is InChI=1S/C23H21Cl2N3O2/c1-2-28(18-10-4-3-5-11-18)23(30)16-8-6-9-17(14-16)26-15-21(29)27-20-13-7-12-19(24)22(20)25/h3-14,26H,2,15H2,1H3,(H,27,29). The molecule has 154 valence electrons. The highest BCUT2D eigenvalue weighted by Gasteiger charge is 2.16. The van der Waals surface area contributed by atoms with Gasteiger partial charge in [0.2, 0.25) is 5.91 Å². The summed E-state index contributed by atoms with van der Waals surface area (Å²) in [5, 5.41) is 6.41. The zero-order valence-electron chi connectivity index (χ0n) is 16.4. The lowest BCUT2D eigenvalue weighted by Crippen LogP contribution is -2.30. The van der Waals surface area contributed by atoms with Crippen molar-refractivity contribution < 1.29 is 9.59 Å². The molecule has 0 spiro atoms. The molecule has 0 aliphatic carbocycles. The Morgan fingerprint density at radius 3 is 2.40 bits per heavy atom. The summed E-state index contributed by atoms with van der Waals surface area (Å²) in [5.74, 6) is -0.391. The van der Waals surface area contributed by atoms with E-state index < -0.39 is 0 Å². The number of anilines is 3. The van der Waals surface area contributed by atoms with Crippen LogP contribution in [-0.2, 0) is 4.79 Å². The number of nitrogens with zero attached hydrogens (tertiary/aromatic N) is 1. The molecule has 0 radical (unpaired) electrons. The molecule has 30 heavy (non-hydrogen) atoms. The average Bonchev–Trinajstić information content (AvgIpc) is 2.77. The summed E-state index contributed by atoms with van der Waals surface area (Å²) in [6, 6.07) is 21.6. The number of para-hydroxylation sites is 1. The molecular formula is C23H21Cl2N3O2. The van der Waals surface area contributed by atoms with Crippen LogP contribution in [0.2, 0.25) is 10.0 Å². The molecule has 2 amide bonds. The molecule has 2 N–H and O–H groups in total. The molecule has 3 aromatic carbocycles. The van der Waals surface area contributed by atoms with Gasteiger partial charge in [0.25, 0.3) is 5.91 Å². The van der Waals surface area contributed by atoms with Gasteiger partial charge < -0.3 is 15.5 Å². The number of rotatable bonds is 7. The molecule has 0 saturated heterocycles. The maximum atomic E-state index is 13.0. The van der Waals surface area contributed by atoms with Crippen LogP contribution in [0.1, 0.15) is 17.3 Å². The van der Waals surface area contributed by atoms with Crippen LogP contribution in [0.5, 0.6) is 0 Å². The Bertz CT molecular complexity index is 1040. The van der Waals surface area contributed by atoms with Gasteiger partial charge in [-0.15, -0.1) is 0 Å². The molecule has 0 bridgehead atoms. The number of hydrogen-bond acceptors (Lipinski definition) is 3. The predicted molar refractivity (Wildman–Crippen MR) is 124 cm³/mol. The normalized spacial score (nSPS) is 10.4. The lowest BCUT2D eigenvalue weighted by Gasteiger charge is -2.21. The van der Waals surface area contributed by atoms with Gasteiger partial charge in [-0.25, -0.2) is 0 Å². The van der Waals surface area contributed by atoms with Gasteiger partial charge >= 0.3 is 0 Å². The van der Waals surface area contributed by atoms with E-state index in [1.165, 1.54) is 0 Å². The van der Waals surface area contributed by atoms with Crippen LogP contribution in [0.4, 0.5) is 17.1 Å². The first kappa shape index (κ1) is 21.7. The van der Waals surface area contributed by atoms with Crippen LogP contribution < -0.4 is 15.5 Å². The summed E-state index contributed by atoms with van der Waals surface area (Å²) in [6.07, 6.45) is 0. The number of halogens is 2. The molecule has 0 unspecified atom stereocenters. The second-order valence-electron chi connectivity index (χ2n) is 6.47. The predicted octanol–water partition coefficient (Wildman–Crippen LogP) is 5.71. The fourth-order valence-electron chi connectivity index (χ4n) is 2.95. The average molecular weight is 442 g/mol. The Morgan fingerprint density at radius 2 is 1.67 bits per heavy atom. The van der Waals surface area contributed by atoms with E-state index in [1.807, 2.05) is 37.3 Å². The molecule has 0 aliphatic rings. The third kappa shape index (κ3) is 5.32. The third-order valence-electron chi connectivity index (χ3n) is 4.42. The summed E-state index contributed by atoms with van der Waals surface area (Å²) in [6.45, 7) is 2.48. The maximum Gasteiger partial charge on any atom is 0.258 e. The Hall–Kier alpha value is -3.02. The lowest BCUT2D eigenvalue weighted by atomic mass is 10.1. The highest BCUT2D eigenvalue weighted by Crippen LogP contribution is 2.29. The van der Waals surface area contributed by atoms with E-state index in [4.69, 9.17) is 23.2 Å². The molecule has 0 saturated carbocycles. The maximum absolute atomic E-state index is 13.0. The first-order valence-corrected chi connectivity index (χ1v) is 10.2.